The number of nitrogens with zero attached hydrogens (tertiary/aromatic N) is 1. The molecule has 4 heteroatoms. The van der Waals surface area contributed by atoms with Crippen LogP contribution in [0, 0.1) is 0 Å². The molecule has 3 aliphatic rings. The first kappa shape index (κ1) is 9.09. The van der Waals surface area contributed by atoms with E-state index < -0.39 is 0 Å². The van der Waals surface area contributed by atoms with Crippen molar-refractivity contribution in [1.29, 1.82) is 0 Å². The minimum absolute atomic E-state index is 0.360. The van der Waals surface area contributed by atoms with Crippen LogP contribution in [-0.2, 0) is 9.47 Å². The van der Waals surface area contributed by atoms with Gasteiger partial charge in [0.2, 0.25) is 0 Å². The van der Waals surface area contributed by atoms with Crippen LogP contribution in [0.2, 0.25) is 0 Å². The normalized spacial score (nSPS) is 53.1. The summed E-state index contributed by atoms with van der Waals surface area (Å²) in [5, 5.41) is 3.43. The van der Waals surface area contributed by atoms with E-state index in [1.807, 2.05) is 0 Å². The Kier molecular flexibility index (Phi) is 2.06. The minimum atomic E-state index is 0.360. The lowest BCUT2D eigenvalue weighted by Crippen LogP contribution is -2.55. The van der Waals surface area contributed by atoms with Crippen LogP contribution in [0.25, 0.3) is 0 Å². The molecule has 4 nitrogen and oxygen atoms in total. The van der Waals surface area contributed by atoms with Crippen molar-refractivity contribution in [3.63, 3.8) is 0 Å². The molecule has 0 spiro atoms. The smallest absolute Gasteiger partial charge is 0.137 e. The molecule has 3 fully saturated rings. The number of epoxide rings is 2. The van der Waals surface area contributed by atoms with E-state index in [1.54, 1.807) is 0 Å². The maximum absolute atomic E-state index is 5.56. The third-order valence-electron chi connectivity index (χ3n) is 3.47. The molecule has 3 saturated heterocycles. The number of piperazine rings is 1. The van der Waals surface area contributed by atoms with Gasteiger partial charge in [-0.15, -0.1) is 0 Å². The minimum Gasteiger partial charge on any atom is -0.368 e. The van der Waals surface area contributed by atoms with E-state index in [4.69, 9.17) is 9.47 Å². The first-order valence-electron chi connectivity index (χ1n) is 5.55. The molecule has 80 valence electrons. The van der Waals surface area contributed by atoms with E-state index in [0.29, 0.717) is 30.6 Å². The number of rotatable bonds is 2. The molecule has 3 rings (SSSR count). The Labute approximate surface area is 84.5 Å². The van der Waals surface area contributed by atoms with E-state index in [-0.39, 0.29) is 0 Å². The van der Waals surface area contributed by atoms with E-state index in [1.165, 1.54) is 0 Å². The molecule has 0 aromatic heterocycles. The van der Waals surface area contributed by atoms with Crippen LogP contribution in [-0.4, -0.2) is 55.1 Å². The van der Waals surface area contributed by atoms with Crippen LogP contribution in [0.15, 0.2) is 0 Å². The van der Waals surface area contributed by atoms with Gasteiger partial charge in [-0.05, 0) is 13.8 Å². The zero-order valence-corrected chi connectivity index (χ0v) is 8.77. The molecule has 0 aliphatic carbocycles. The summed E-state index contributed by atoms with van der Waals surface area (Å²) in [6.45, 7) is 7.49. The summed E-state index contributed by atoms with van der Waals surface area (Å²) < 4.78 is 11.1. The van der Waals surface area contributed by atoms with Gasteiger partial charge in [-0.2, -0.15) is 0 Å². The highest BCUT2D eigenvalue weighted by molar-refractivity contribution is 5.00. The molecule has 0 amide bonds. The van der Waals surface area contributed by atoms with Gasteiger partial charge in [0.05, 0.1) is 18.2 Å². The van der Waals surface area contributed by atoms with Crippen molar-refractivity contribution in [3.8, 4) is 0 Å². The molecule has 0 radical (unpaired) electrons. The summed E-state index contributed by atoms with van der Waals surface area (Å²) in [4.78, 5) is 2.47. The molecular formula is C10H18N2O2. The number of nitrogens with one attached hydrogen (secondary N) is 1. The molecular weight excluding hydrogens is 180 g/mol. The molecule has 5 atom stereocenters. The molecule has 14 heavy (non-hydrogen) atoms. The van der Waals surface area contributed by atoms with Crippen LogP contribution >= 0.6 is 0 Å². The van der Waals surface area contributed by atoms with Gasteiger partial charge in [-0.3, -0.25) is 4.90 Å². The fraction of sp³-hybridized carbons (Fsp3) is 1.00. The maximum Gasteiger partial charge on any atom is 0.137 e. The van der Waals surface area contributed by atoms with Gasteiger partial charge in [0.1, 0.15) is 12.3 Å². The van der Waals surface area contributed by atoms with Crippen molar-refractivity contribution >= 4 is 0 Å². The van der Waals surface area contributed by atoms with Crippen molar-refractivity contribution in [2.24, 2.45) is 0 Å². The van der Waals surface area contributed by atoms with Gasteiger partial charge in [-0.1, -0.05) is 0 Å². The largest absolute Gasteiger partial charge is 0.368 e. The second-order valence-corrected chi connectivity index (χ2v) is 4.55. The van der Waals surface area contributed by atoms with Crippen LogP contribution < -0.4 is 5.32 Å². The van der Waals surface area contributed by atoms with Gasteiger partial charge in [0, 0.05) is 19.6 Å². The Hall–Kier alpha value is -0.160. The van der Waals surface area contributed by atoms with Gasteiger partial charge in [-0.25, -0.2) is 0 Å². The SMILES string of the molecule is CC1OC1C1CNCCN1C1OC1C. The van der Waals surface area contributed by atoms with Gasteiger partial charge >= 0.3 is 0 Å². The molecule has 0 bridgehead atoms. The summed E-state index contributed by atoms with van der Waals surface area (Å²) in [5.74, 6) is 0. The molecule has 0 aromatic rings. The Morgan fingerprint density at radius 2 is 1.93 bits per heavy atom. The second kappa shape index (κ2) is 3.17. The first-order chi connectivity index (χ1) is 6.77. The van der Waals surface area contributed by atoms with Crippen molar-refractivity contribution < 1.29 is 9.47 Å². The average Bonchev–Trinajstić information content (AvgIpc) is 3.06. The van der Waals surface area contributed by atoms with Gasteiger partial charge in [0.25, 0.3) is 0 Å². The van der Waals surface area contributed by atoms with Gasteiger partial charge in [0.15, 0.2) is 0 Å². The number of ether oxygens (including phenoxy) is 2. The summed E-state index contributed by atoms with van der Waals surface area (Å²) in [6.07, 6.45) is 1.65. The van der Waals surface area contributed by atoms with E-state index in [9.17, 15) is 0 Å². The maximum atomic E-state index is 5.56. The lowest BCUT2D eigenvalue weighted by atomic mass is 10.1. The second-order valence-electron chi connectivity index (χ2n) is 4.55. The standard InChI is InChI=1S/C10H18N2O2/c1-6-9(13-6)8-5-11-3-4-12(8)10-7(2)14-10/h6-11H,3-5H2,1-2H3. The molecule has 0 aromatic carbocycles. The third-order valence-corrected chi connectivity index (χ3v) is 3.47. The third kappa shape index (κ3) is 1.46. The predicted octanol–water partition coefficient (Wildman–Crippen LogP) is -0.208. The molecule has 1 N–H and O–H groups in total. The quantitative estimate of drug-likeness (QED) is 0.623. The lowest BCUT2D eigenvalue weighted by Gasteiger charge is -2.34. The number of hydrogen-bond donors (Lipinski definition) is 1. The highest BCUT2D eigenvalue weighted by Gasteiger charge is 2.51. The summed E-state index contributed by atoms with van der Waals surface area (Å²) in [6, 6.07) is 0.522. The van der Waals surface area contributed by atoms with Crippen LogP contribution in [0.5, 0.6) is 0 Å². The van der Waals surface area contributed by atoms with Crippen molar-refractivity contribution in [3.05, 3.63) is 0 Å². The fourth-order valence-corrected chi connectivity index (χ4v) is 2.49. The molecule has 3 aliphatic heterocycles. The highest BCUT2D eigenvalue weighted by atomic mass is 16.6. The van der Waals surface area contributed by atoms with Crippen molar-refractivity contribution in [2.75, 3.05) is 19.6 Å². The summed E-state index contributed by atoms with van der Waals surface area (Å²) in [7, 11) is 0. The average molecular weight is 198 g/mol. The van der Waals surface area contributed by atoms with Crippen molar-refractivity contribution in [1.82, 2.24) is 10.2 Å². The molecule has 0 saturated carbocycles. The summed E-state index contributed by atoms with van der Waals surface area (Å²) in [5.41, 5.74) is 0. The zero-order chi connectivity index (χ0) is 9.71. The van der Waals surface area contributed by atoms with E-state index in [2.05, 4.69) is 24.1 Å². The van der Waals surface area contributed by atoms with Crippen LogP contribution in [0.4, 0.5) is 0 Å². The lowest BCUT2D eigenvalue weighted by molar-refractivity contribution is 0.0804. The van der Waals surface area contributed by atoms with Crippen LogP contribution in [0.1, 0.15) is 13.8 Å². The van der Waals surface area contributed by atoms with Gasteiger partial charge < -0.3 is 14.8 Å². The Morgan fingerprint density at radius 3 is 2.50 bits per heavy atom. The number of hydrogen-bond acceptors (Lipinski definition) is 4. The zero-order valence-electron chi connectivity index (χ0n) is 8.77. The first-order valence-corrected chi connectivity index (χ1v) is 5.55. The van der Waals surface area contributed by atoms with E-state index in [0.717, 1.165) is 19.6 Å². The topological polar surface area (TPSA) is 40.3 Å². The van der Waals surface area contributed by atoms with Crippen LogP contribution in [0.3, 0.4) is 0 Å². The molecule has 5 unspecified atom stereocenters. The Morgan fingerprint density at radius 1 is 1.21 bits per heavy atom. The fourth-order valence-electron chi connectivity index (χ4n) is 2.49. The summed E-state index contributed by atoms with van der Waals surface area (Å²) >= 11 is 0. The Balaban J connectivity index is 1.66. The van der Waals surface area contributed by atoms with Crippen molar-refractivity contribution in [2.45, 2.75) is 44.4 Å². The molecule has 3 heterocycles. The predicted molar refractivity (Wildman–Crippen MR) is 52.0 cm³/mol. The Bertz CT molecular complexity index is 212. The van der Waals surface area contributed by atoms with E-state index >= 15 is 0 Å². The monoisotopic (exact) mass is 198 g/mol. The highest BCUT2D eigenvalue weighted by Crippen LogP contribution is 2.34.